The van der Waals surface area contributed by atoms with E-state index in [0.29, 0.717) is 38.2 Å². The molecule has 2 N–H and O–H groups in total. The first-order valence-corrected chi connectivity index (χ1v) is 10.8. The number of fused-ring (bicyclic) bond motifs is 1. The standard InChI is InChI=1S/C18H25N3O5S/c22-17(26-13-14-4-3-11-25-14)12-21-9-7-18(8-10-21)19-15-5-1-2-6-16(15)27(23,24)20-18/h1-2,5-6,14,19-20H,3-4,7-13H2. The van der Waals surface area contributed by atoms with E-state index >= 15 is 0 Å². The molecule has 4 rings (SSSR count). The third-order valence-corrected chi connectivity index (χ3v) is 6.99. The molecule has 8 nitrogen and oxygen atoms in total. The van der Waals surface area contributed by atoms with E-state index in [4.69, 9.17) is 9.47 Å². The first-order valence-electron chi connectivity index (χ1n) is 9.37. The fourth-order valence-electron chi connectivity index (χ4n) is 3.91. The molecule has 3 aliphatic rings. The number of anilines is 1. The number of carbonyl (C=O) groups is 1. The van der Waals surface area contributed by atoms with Crippen molar-refractivity contribution in [2.75, 3.05) is 38.2 Å². The van der Waals surface area contributed by atoms with Crippen molar-refractivity contribution in [3.8, 4) is 0 Å². The highest BCUT2D eigenvalue weighted by Crippen LogP contribution is 2.34. The van der Waals surface area contributed by atoms with E-state index in [-0.39, 0.29) is 23.5 Å². The van der Waals surface area contributed by atoms with E-state index in [1.54, 1.807) is 18.2 Å². The number of piperidine rings is 1. The number of carbonyl (C=O) groups excluding carboxylic acids is 1. The number of para-hydroxylation sites is 1. The van der Waals surface area contributed by atoms with Crippen LogP contribution in [0.1, 0.15) is 25.7 Å². The molecule has 1 spiro atoms. The molecule has 0 radical (unpaired) electrons. The summed E-state index contributed by atoms with van der Waals surface area (Å²) in [6.45, 7) is 2.47. The minimum absolute atomic E-state index is 0.0273. The van der Waals surface area contributed by atoms with Crippen LogP contribution in [-0.4, -0.2) is 63.9 Å². The molecule has 1 aromatic carbocycles. The van der Waals surface area contributed by atoms with Crippen LogP contribution in [-0.2, 0) is 24.3 Å². The Morgan fingerprint density at radius 3 is 2.81 bits per heavy atom. The molecule has 2 saturated heterocycles. The summed E-state index contributed by atoms with van der Waals surface area (Å²) in [7, 11) is -3.55. The SMILES string of the molecule is O=C(CN1CCC2(CC1)Nc1ccccc1S(=O)(=O)N2)OCC1CCCO1. The van der Waals surface area contributed by atoms with Gasteiger partial charge in [-0.2, -0.15) is 4.72 Å². The number of ether oxygens (including phenoxy) is 2. The van der Waals surface area contributed by atoms with Crippen molar-refractivity contribution in [2.45, 2.75) is 42.3 Å². The van der Waals surface area contributed by atoms with E-state index in [9.17, 15) is 13.2 Å². The molecule has 3 aliphatic heterocycles. The Morgan fingerprint density at radius 1 is 1.30 bits per heavy atom. The average molecular weight is 395 g/mol. The molecular weight excluding hydrogens is 370 g/mol. The topological polar surface area (TPSA) is 97.0 Å². The quantitative estimate of drug-likeness (QED) is 0.731. The van der Waals surface area contributed by atoms with Crippen molar-refractivity contribution in [2.24, 2.45) is 0 Å². The zero-order valence-corrected chi connectivity index (χ0v) is 16.0. The van der Waals surface area contributed by atoms with Crippen LogP contribution >= 0.6 is 0 Å². The molecule has 1 atom stereocenters. The second-order valence-corrected chi connectivity index (χ2v) is 9.05. The van der Waals surface area contributed by atoms with Crippen LogP contribution in [0.15, 0.2) is 29.2 Å². The number of rotatable bonds is 4. The Labute approximate surface area is 159 Å². The first kappa shape index (κ1) is 18.7. The zero-order chi connectivity index (χ0) is 18.9. The van der Waals surface area contributed by atoms with Crippen molar-refractivity contribution in [3.63, 3.8) is 0 Å². The minimum atomic E-state index is -3.55. The molecule has 1 unspecified atom stereocenters. The summed E-state index contributed by atoms with van der Waals surface area (Å²) in [5, 5.41) is 3.35. The lowest BCUT2D eigenvalue weighted by Crippen LogP contribution is -2.62. The van der Waals surface area contributed by atoms with Gasteiger partial charge < -0.3 is 14.8 Å². The molecule has 0 aliphatic carbocycles. The summed E-state index contributed by atoms with van der Waals surface area (Å²) in [6, 6.07) is 6.91. The Balaban J connectivity index is 1.32. The van der Waals surface area contributed by atoms with Gasteiger partial charge in [-0.05, 0) is 37.8 Å². The average Bonchev–Trinajstić information content (AvgIpc) is 3.15. The van der Waals surface area contributed by atoms with Crippen LogP contribution in [0, 0.1) is 0 Å². The maximum atomic E-state index is 12.6. The minimum Gasteiger partial charge on any atom is -0.462 e. The summed E-state index contributed by atoms with van der Waals surface area (Å²) in [6.07, 6.45) is 3.12. The van der Waals surface area contributed by atoms with E-state index in [2.05, 4.69) is 10.0 Å². The Hall–Kier alpha value is -1.68. The van der Waals surface area contributed by atoms with Crippen LogP contribution in [0.4, 0.5) is 5.69 Å². The van der Waals surface area contributed by atoms with Gasteiger partial charge in [-0.1, -0.05) is 12.1 Å². The van der Waals surface area contributed by atoms with Crippen molar-refractivity contribution in [1.82, 2.24) is 9.62 Å². The van der Waals surface area contributed by atoms with Crippen molar-refractivity contribution in [3.05, 3.63) is 24.3 Å². The lowest BCUT2D eigenvalue weighted by molar-refractivity contribution is -0.148. The second kappa shape index (κ2) is 7.38. The Bertz CT molecular complexity index is 799. The summed E-state index contributed by atoms with van der Waals surface area (Å²) in [5.74, 6) is -0.260. The summed E-state index contributed by atoms with van der Waals surface area (Å²) >= 11 is 0. The van der Waals surface area contributed by atoms with Gasteiger partial charge in [0.25, 0.3) is 0 Å². The van der Waals surface area contributed by atoms with Crippen molar-refractivity contribution < 1.29 is 22.7 Å². The molecule has 2 fully saturated rings. The molecule has 0 saturated carbocycles. The van der Waals surface area contributed by atoms with Crippen LogP contribution < -0.4 is 10.0 Å². The fraction of sp³-hybridized carbons (Fsp3) is 0.611. The number of likely N-dealkylation sites (tertiary alicyclic amines) is 1. The zero-order valence-electron chi connectivity index (χ0n) is 15.1. The molecule has 0 amide bonds. The van der Waals surface area contributed by atoms with Crippen LogP contribution in [0.25, 0.3) is 0 Å². The number of nitrogens with zero attached hydrogens (tertiary/aromatic N) is 1. The third kappa shape index (κ3) is 4.11. The molecule has 9 heteroatoms. The molecule has 3 heterocycles. The number of benzene rings is 1. The first-order chi connectivity index (χ1) is 13.0. The number of nitrogens with one attached hydrogen (secondary N) is 2. The maximum Gasteiger partial charge on any atom is 0.320 e. The van der Waals surface area contributed by atoms with Gasteiger partial charge in [-0.3, -0.25) is 9.69 Å². The normalized spacial score (nSPS) is 26.3. The maximum absolute atomic E-state index is 12.6. The van der Waals surface area contributed by atoms with Gasteiger partial charge in [-0.25, -0.2) is 8.42 Å². The molecule has 0 aromatic heterocycles. The van der Waals surface area contributed by atoms with Gasteiger partial charge in [0.15, 0.2) is 0 Å². The van der Waals surface area contributed by atoms with Crippen LogP contribution in [0.2, 0.25) is 0 Å². The Kier molecular flexibility index (Phi) is 5.11. The van der Waals surface area contributed by atoms with E-state index in [1.165, 1.54) is 0 Å². The number of sulfonamides is 1. The highest BCUT2D eigenvalue weighted by Gasteiger charge is 2.43. The van der Waals surface area contributed by atoms with Gasteiger partial charge in [0.05, 0.1) is 18.3 Å². The third-order valence-electron chi connectivity index (χ3n) is 5.40. The highest BCUT2D eigenvalue weighted by molar-refractivity contribution is 7.89. The largest absolute Gasteiger partial charge is 0.462 e. The van der Waals surface area contributed by atoms with Crippen molar-refractivity contribution >= 4 is 21.7 Å². The highest BCUT2D eigenvalue weighted by atomic mass is 32.2. The van der Waals surface area contributed by atoms with Crippen molar-refractivity contribution in [1.29, 1.82) is 0 Å². The smallest absolute Gasteiger partial charge is 0.320 e. The van der Waals surface area contributed by atoms with Gasteiger partial charge in [0.1, 0.15) is 17.2 Å². The predicted molar refractivity (Wildman–Crippen MR) is 98.7 cm³/mol. The van der Waals surface area contributed by atoms with Gasteiger partial charge >= 0.3 is 5.97 Å². The number of hydrogen-bond acceptors (Lipinski definition) is 7. The van der Waals surface area contributed by atoms with Gasteiger partial charge in [0, 0.05) is 19.7 Å². The van der Waals surface area contributed by atoms with Crippen LogP contribution in [0.5, 0.6) is 0 Å². The fourth-order valence-corrected chi connectivity index (χ4v) is 5.46. The monoisotopic (exact) mass is 395 g/mol. The predicted octanol–water partition coefficient (Wildman–Crippen LogP) is 0.905. The van der Waals surface area contributed by atoms with E-state index < -0.39 is 15.7 Å². The van der Waals surface area contributed by atoms with E-state index in [1.807, 2.05) is 11.0 Å². The Morgan fingerprint density at radius 2 is 2.07 bits per heavy atom. The lowest BCUT2D eigenvalue weighted by atomic mass is 9.97. The molecule has 0 bridgehead atoms. The summed E-state index contributed by atoms with van der Waals surface area (Å²) in [4.78, 5) is 14.3. The lowest BCUT2D eigenvalue weighted by Gasteiger charge is -2.45. The molecule has 27 heavy (non-hydrogen) atoms. The van der Waals surface area contributed by atoms with Gasteiger partial charge in [-0.15, -0.1) is 0 Å². The van der Waals surface area contributed by atoms with Gasteiger partial charge in [0.2, 0.25) is 10.0 Å². The second-order valence-electron chi connectivity index (χ2n) is 7.40. The molecule has 1 aromatic rings. The number of esters is 1. The van der Waals surface area contributed by atoms with E-state index in [0.717, 1.165) is 19.4 Å². The summed E-state index contributed by atoms with van der Waals surface area (Å²) < 4.78 is 38.7. The number of hydrogen-bond donors (Lipinski definition) is 2. The molecular formula is C18H25N3O5S. The van der Waals surface area contributed by atoms with Crippen LogP contribution in [0.3, 0.4) is 0 Å². The summed E-state index contributed by atoms with van der Waals surface area (Å²) in [5.41, 5.74) is -0.0775. The molecule has 148 valence electrons.